The summed E-state index contributed by atoms with van der Waals surface area (Å²) in [6, 6.07) is 5.96. The molecule has 2 heterocycles. The Bertz CT molecular complexity index is 752. The number of aromatic amines is 1. The topological polar surface area (TPSA) is 50.8 Å². The Balaban J connectivity index is 2.23. The van der Waals surface area contributed by atoms with E-state index in [0.717, 1.165) is 32.5 Å². The van der Waals surface area contributed by atoms with Gasteiger partial charge in [-0.2, -0.15) is 0 Å². The number of aryl methyl sites for hydroxylation is 1. The van der Waals surface area contributed by atoms with E-state index < -0.39 is 0 Å². The number of ether oxygens (including phenoxy) is 1. The Labute approximate surface area is 119 Å². The number of fused-ring (bicyclic) bond motifs is 1. The number of halogens is 1. The largest absolute Gasteiger partial charge is 0.494 e. The molecule has 3 aromatic rings. The Morgan fingerprint density at radius 1 is 1.32 bits per heavy atom. The van der Waals surface area contributed by atoms with Crippen molar-refractivity contribution >= 4 is 27.0 Å². The molecule has 0 aliphatic heterocycles. The van der Waals surface area contributed by atoms with E-state index in [2.05, 4.69) is 36.9 Å². The van der Waals surface area contributed by atoms with E-state index in [0.29, 0.717) is 5.75 Å². The number of hydrogen-bond donors (Lipinski definition) is 1. The number of imidazole rings is 1. The zero-order valence-electron chi connectivity index (χ0n) is 10.6. The highest BCUT2D eigenvalue weighted by molar-refractivity contribution is 9.10. The standard InChI is InChI=1S/C14H12BrN3O/c1-8-5-9(15)6-11-13(8)18-14(17-11)10-3-4-16-7-12(10)19-2/h3-7H,1-2H3,(H,17,18). The highest BCUT2D eigenvalue weighted by Gasteiger charge is 2.12. The van der Waals surface area contributed by atoms with Crippen molar-refractivity contribution in [2.45, 2.75) is 6.92 Å². The van der Waals surface area contributed by atoms with Crippen LogP contribution in [0.5, 0.6) is 5.75 Å². The van der Waals surface area contributed by atoms with Gasteiger partial charge in [-0.1, -0.05) is 15.9 Å². The smallest absolute Gasteiger partial charge is 0.148 e. The van der Waals surface area contributed by atoms with E-state index >= 15 is 0 Å². The second-order valence-electron chi connectivity index (χ2n) is 4.28. The quantitative estimate of drug-likeness (QED) is 0.784. The fraction of sp³-hybridized carbons (Fsp3) is 0.143. The van der Waals surface area contributed by atoms with Crippen LogP contribution in [0.2, 0.25) is 0 Å². The van der Waals surface area contributed by atoms with Crippen molar-refractivity contribution < 1.29 is 4.74 Å². The Morgan fingerprint density at radius 2 is 2.16 bits per heavy atom. The van der Waals surface area contributed by atoms with Crippen LogP contribution in [0.25, 0.3) is 22.4 Å². The van der Waals surface area contributed by atoms with Crippen molar-refractivity contribution in [1.29, 1.82) is 0 Å². The van der Waals surface area contributed by atoms with Crippen LogP contribution in [0, 0.1) is 6.92 Å². The lowest BCUT2D eigenvalue weighted by molar-refractivity contribution is 0.414. The Kier molecular flexibility index (Phi) is 2.98. The number of methoxy groups -OCH3 is 1. The fourth-order valence-electron chi connectivity index (χ4n) is 2.11. The molecule has 0 saturated heterocycles. The number of benzene rings is 1. The summed E-state index contributed by atoms with van der Waals surface area (Å²) < 4.78 is 6.35. The van der Waals surface area contributed by atoms with E-state index in [-0.39, 0.29) is 0 Å². The first-order valence-corrected chi connectivity index (χ1v) is 6.62. The molecule has 0 fully saturated rings. The second kappa shape index (κ2) is 4.66. The van der Waals surface area contributed by atoms with Crippen molar-refractivity contribution in [3.63, 3.8) is 0 Å². The predicted molar refractivity (Wildman–Crippen MR) is 78.3 cm³/mol. The van der Waals surface area contributed by atoms with Crippen LogP contribution in [0.15, 0.2) is 35.1 Å². The molecule has 0 amide bonds. The molecular weight excluding hydrogens is 306 g/mol. The van der Waals surface area contributed by atoms with Gasteiger partial charge in [0, 0.05) is 10.7 Å². The maximum absolute atomic E-state index is 5.32. The number of pyridine rings is 1. The van der Waals surface area contributed by atoms with Gasteiger partial charge in [-0.15, -0.1) is 0 Å². The molecule has 1 aromatic carbocycles. The van der Waals surface area contributed by atoms with Gasteiger partial charge in [-0.05, 0) is 30.7 Å². The van der Waals surface area contributed by atoms with Crippen LogP contribution in [0.3, 0.4) is 0 Å². The summed E-state index contributed by atoms with van der Waals surface area (Å²) in [5.41, 5.74) is 4.00. The minimum absolute atomic E-state index is 0.707. The lowest BCUT2D eigenvalue weighted by Crippen LogP contribution is -1.89. The van der Waals surface area contributed by atoms with Crippen LogP contribution in [-0.4, -0.2) is 22.1 Å². The van der Waals surface area contributed by atoms with Gasteiger partial charge in [0.05, 0.1) is 29.9 Å². The molecular formula is C14H12BrN3O. The first-order valence-electron chi connectivity index (χ1n) is 5.83. The molecule has 0 atom stereocenters. The Morgan fingerprint density at radius 3 is 2.95 bits per heavy atom. The molecule has 0 aliphatic carbocycles. The first-order chi connectivity index (χ1) is 9.19. The van der Waals surface area contributed by atoms with Gasteiger partial charge in [0.2, 0.25) is 0 Å². The monoisotopic (exact) mass is 317 g/mol. The zero-order valence-corrected chi connectivity index (χ0v) is 12.2. The van der Waals surface area contributed by atoms with Crippen molar-refractivity contribution in [2.75, 3.05) is 7.11 Å². The molecule has 0 spiro atoms. The summed E-state index contributed by atoms with van der Waals surface area (Å²) in [6.45, 7) is 2.04. The molecule has 0 saturated carbocycles. The maximum atomic E-state index is 5.32. The molecule has 5 heteroatoms. The van der Waals surface area contributed by atoms with Gasteiger partial charge in [0.1, 0.15) is 11.6 Å². The summed E-state index contributed by atoms with van der Waals surface area (Å²) in [7, 11) is 1.63. The average Bonchev–Trinajstić information content (AvgIpc) is 2.82. The fourth-order valence-corrected chi connectivity index (χ4v) is 2.68. The van der Waals surface area contributed by atoms with E-state index in [1.807, 2.05) is 19.1 Å². The SMILES string of the molecule is COc1cnccc1-c1nc2c(C)cc(Br)cc2[nH]1. The van der Waals surface area contributed by atoms with Gasteiger partial charge < -0.3 is 9.72 Å². The van der Waals surface area contributed by atoms with Crippen molar-refractivity contribution in [2.24, 2.45) is 0 Å². The number of aromatic nitrogens is 3. The van der Waals surface area contributed by atoms with Crippen molar-refractivity contribution in [3.8, 4) is 17.1 Å². The second-order valence-corrected chi connectivity index (χ2v) is 5.20. The predicted octanol–water partition coefficient (Wildman–Crippen LogP) is 3.70. The summed E-state index contributed by atoms with van der Waals surface area (Å²) in [6.07, 6.45) is 3.42. The van der Waals surface area contributed by atoms with Gasteiger partial charge in [0.15, 0.2) is 0 Å². The molecule has 0 bridgehead atoms. The first kappa shape index (κ1) is 12.2. The summed E-state index contributed by atoms with van der Waals surface area (Å²) in [5, 5.41) is 0. The van der Waals surface area contributed by atoms with Crippen LogP contribution in [0.1, 0.15) is 5.56 Å². The highest BCUT2D eigenvalue weighted by Crippen LogP contribution is 2.30. The molecule has 4 nitrogen and oxygen atoms in total. The van der Waals surface area contributed by atoms with Crippen LogP contribution >= 0.6 is 15.9 Å². The lowest BCUT2D eigenvalue weighted by atomic mass is 10.2. The van der Waals surface area contributed by atoms with Crippen molar-refractivity contribution in [1.82, 2.24) is 15.0 Å². The number of H-pyrrole nitrogens is 1. The third kappa shape index (κ3) is 2.10. The molecule has 3 rings (SSSR count). The number of hydrogen-bond acceptors (Lipinski definition) is 3. The van der Waals surface area contributed by atoms with E-state index in [1.165, 1.54) is 0 Å². The van der Waals surface area contributed by atoms with E-state index in [4.69, 9.17) is 4.74 Å². The van der Waals surface area contributed by atoms with Gasteiger partial charge >= 0.3 is 0 Å². The molecule has 19 heavy (non-hydrogen) atoms. The molecule has 0 aliphatic rings. The minimum atomic E-state index is 0.707. The van der Waals surface area contributed by atoms with Gasteiger partial charge in [0.25, 0.3) is 0 Å². The van der Waals surface area contributed by atoms with Crippen LogP contribution in [-0.2, 0) is 0 Å². The van der Waals surface area contributed by atoms with E-state index in [9.17, 15) is 0 Å². The number of rotatable bonds is 2. The lowest BCUT2D eigenvalue weighted by Gasteiger charge is -2.03. The molecule has 96 valence electrons. The Hall–Kier alpha value is -1.88. The van der Waals surface area contributed by atoms with Crippen LogP contribution in [0.4, 0.5) is 0 Å². The van der Waals surface area contributed by atoms with E-state index in [1.54, 1.807) is 19.5 Å². The highest BCUT2D eigenvalue weighted by atomic mass is 79.9. The minimum Gasteiger partial charge on any atom is -0.494 e. The molecule has 2 aromatic heterocycles. The number of nitrogens with one attached hydrogen (secondary N) is 1. The van der Waals surface area contributed by atoms with Crippen molar-refractivity contribution in [3.05, 3.63) is 40.6 Å². The summed E-state index contributed by atoms with van der Waals surface area (Å²) in [4.78, 5) is 12.0. The van der Waals surface area contributed by atoms with Gasteiger partial charge in [-0.3, -0.25) is 4.98 Å². The third-order valence-corrected chi connectivity index (χ3v) is 3.46. The third-order valence-electron chi connectivity index (χ3n) is 3.00. The van der Waals surface area contributed by atoms with Gasteiger partial charge in [-0.25, -0.2) is 4.98 Å². The maximum Gasteiger partial charge on any atom is 0.148 e. The summed E-state index contributed by atoms with van der Waals surface area (Å²) >= 11 is 3.49. The average molecular weight is 318 g/mol. The molecule has 0 unspecified atom stereocenters. The normalized spacial score (nSPS) is 10.9. The summed E-state index contributed by atoms with van der Waals surface area (Å²) in [5.74, 6) is 1.49. The van der Waals surface area contributed by atoms with Crippen LogP contribution < -0.4 is 4.74 Å². The molecule has 0 radical (unpaired) electrons. The number of nitrogens with zero attached hydrogens (tertiary/aromatic N) is 2. The zero-order chi connectivity index (χ0) is 13.4. The molecule has 1 N–H and O–H groups in total.